The van der Waals surface area contributed by atoms with Gasteiger partial charge in [-0.3, -0.25) is 23.6 Å². The Kier molecular flexibility index (Phi) is 10.1. The van der Waals surface area contributed by atoms with Crippen LogP contribution in [0.1, 0.15) is 36.7 Å². The molecular formula is C25H31Cl3N5O3P. The van der Waals surface area contributed by atoms with E-state index in [4.69, 9.17) is 0 Å². The summed E-state index contributed by atoms with van der Waals surface area (Å²) >= 11 is 13.8. The number of nitrogens with one attached hydrogen (secondary N) is 1. The summed E-state index contributed by atoms with van der Waals surface area (Å²) in [6.07, 6.45) is 1.55. The number of fused-ring (bicyclic) bond motifs is 1. The number of piperazine rings is 1. The molecule has 0 radical (unpaired) electrons. The van der Waals surface area contributed by atoms with E-state index >= 15 is 0 Å². The monoisotopic (exact) mass is 585 g/mol. The third-order valence-electron chi connectivity index (χ3n) is 6.22. The lowest BCUT2D eigenvalue weighted by Crippen LogP contribution is -2.48. The first kappa shape index (κ1) is 29.5. The van der Waals surface area contributed by atoms with Crippen LogP contribution in [-0.4, -0.2) is 59.1 Å². The highest BCUT2D eigenvalue weighted by molar-refractivity contribution is 8.24. The lowest BCUT2D eigenvalue weighted by molar-refractivity contribution is 0.0956. The molecule has 1 N–H and O–H groups in total. The molecule has 1 aromatic heterocycles. The first-order valence-corrected chi connectivity index (χ1v) is 16.4. The number of aromatic nitrogens is 2. The second-order valence-corrected chi connectivity index (χ2v) is 15.6. The molecular weight excluding hydrogens is 556 g/mol. The van der Waals surface area contributed by atoms with E-state index in [1.165, 1.54) is 0 Å². The van der Waals surface area contributed by atoms with Crippen molar-refractivity contribution in [3.05, 3.63) is 64.2 Å². The molecule has 0 unspecified atom stereocenters. The third-order valence-corrected chi connectivity index (χ3v) is 6.22. The molecule has 0 atom stereocenters. The summed E-state index contributed by atoms with van der Waals surface area (Å²) in [6.45, 7) is 12.7. The number of benzene rings is 2. The Labute approximate surface area is 231 Å². The van der Waals surface area contributed by atoms with Crippen LogP contribution in [0.15, 0.2) is 47.5 Å². The molecule has 1 aliphatic rings. The van der Waals surface area contributed by atoms with Crippen LogP contribution in [0.5, 0.6) is 0 Å². The fourth-order valence-corrected chi connectivity index (χ4v) is 4.25. The molecule has 8 nitrogen and oxygen atoms in total. The Bertz CT molecular complexity index is 1360. The molecule has 2 heterocycles. The van der Waals surface area contributed by atoms with Gasteiger partial charge in [0.25, 0.3) is 11.5 Å². The number of rotatable bonds is 5. The van der Waals surface area contributed by atoms with Crippen LogP contribution >= 0.6 is 38.9 Å². The zero-order valence-corrected chi connectivity index (χ0v) is 24.4. The van der Waals surface area contributed by atoms with E-state index in [9.17, 15) is 14.2 Å². The van der Waals surface area contributed by atoms with Crippen LogP contribution < -0.4 is 15.8 Å². The van der Waals surface area contributed by atoms with E-state index in [2.05, 4.69) is 67.7 Å². The van der Waals surface area contributed by atoms with Crippen molar-refractivity contribution in [2.45, 2.75) is 33.7 Å². The minimum atomic E-state index is -3.22. The van der Waals surface area contributed by atoms with Crippen molar-refractivity contribution in [2.75, 3.05) is 37.6 Å². The van der Waals surface area contributed by atoms with E-state index < -0.39 is 5.20 Å². The van der Waals surface area contributed by atoms with Gasteiger partial charge >= 0.3 is 5.20 Å². The van der Waals surface area contributed by atoms with Gasteiger partial charge in [0.05, 0.1) is 16.6 Å². The number of amides is 1. The number of anilines is 1. The Morgan fingerprint density at radius 3 is 2.32 bits per heavy atom. The fraction of sp³-hybridized carbons (Fsp3) is 0.400. The Hall–Kier alpha value is -2.09. The van der Waals surface area contributed by atoms with Gasteiger partial charge in [-0.2, -0.15) is 0 Å². The van der Waals surface area contributed by atoms with Gasteiger partial charge in [-0.25, -0.2) is 4.98 Å². The van der Waals surface area contributed by atoms with Gasteiger partial charge in [0.1, 0.15) is 6.33 Å². The molecule has 1 saturated heterocycles. The minimum absolute atomic E-state index is 0.131. The number of aryl methyl sites for hydroxylation is 1. The molecule has 0 saturated carbocycles. The van der Waals surface area contributed by atoms with Crippen LogP contribution in [0, 0.1) is 6.92 Å². The summed E-state index contributed by atoms with van der Waals surface area (Å²) in [4.78, 5) is 35.1. The fourth-order valence-electron chi connectivity index (χ4n) is 4.25. The number of hydrogen-bond donors (Lipinski definition) is 1. The smallest absolute Gasteiger partial charge is 0.339 e. The predicted molar refractivity (Wildman–Crippen MR) is 154 cm³/mol. The van der Waals surface area contributed by atoms with Gasteiger partial charge in [0, 0.05) is 50.0 Å². The van der Waals surface area contributed by atoms with Gasteiger partial charge in [0.2, 0.25) is 0 Å². The topological polar surface area (TPSA) is 87.5 Å². The maximum atomic E-state index is 13.5. The second-order valence-electron chi connectivity index (χ2n) is 9.00. The number of halogens is 3. The van der Waals surface area contributed by atoms with Crippen LogP contribution in [-0.2, 0) is 4.57 Å². The standard InChI is InChI=1S/C25H31N5O2.Cl3OP/c1-5-26-24(31)19-7-6-18(4)23(14-19)30-16-27-22-9-8-20(15-21(22)25(30)32)29-12-10-28(11-13-29)17(2)3;1-5(2,3)4/h6-9,14-17H,5,10-13H2,1-4H3,(H,26,31);. The van der Waals surface area contributed by atoms with Gasteiger partial charge in [0.15, 0.2) is 0 Å². The zero-order chi connectivity index (χ0) is 27.3. The molecule has 4 rings (SSSR count). The Morgan fingerprint density at radius 2 is 1.73 bits per heavy atom. The lowest BCUT2D eigenvalue weighted by Gasteiger charge is -2.38. The molecule has 12 heteroatoms. The van der Waals surface area contributed by atoms with E-state index in [1.54, 1.807) is 23.0 Å². The highest BCUT2D eigenvalue weighted by Gasteiger charge is 2.20. The van der Waals surface area contributed by atoms with Crippen molar-refractivity contribution < 1.29 is 9.36 Å². The molecule has 3 aromatic rings. The average molecular weight is 587 g/mol. The molecule has 1 fully saturated rings. The molecule has 1 amide bonds. The van der Waals surface area contributed by atoms with Crippen molar-refractivity contribution in [3.63, 3.8) is 0 Å². The van der Waals surface area contributed by atoms with E-state index in [-0.39, 0.29) is 11.5 Å². The van der Waals surface area contributed by atoms with Gasteiger partial charge in [-0.15, -0.1) is 0 Å². The van der Waals surface area contributed by atoms with Gasteiger partial charge < -0.3 is 10.2 Å². The van der Waals surface area contributed by atoms with Crippen molar-refractivity contribution in [1.29, 1.82) is 0 Å². The largest absolute Gasteiger partial charge is 0.369 e. The SMILES string of the molecule is CCNC(=O)c1ccc(C)c(-n2cnc3ccc(N4CCN(C(C)C)CC4)cc3c2=O)c1.O=P(Cl)(Cl)Cl. The molecule has 37 heavy (non-hydrogen) atoms. The van der Waals surface area contributed by atoms with E-state index in [0.29, 0.717) is 34.7 Å². The summed E-state index contributed by atoms with van der Waals surface area (Å²) in [6, 6.07) is 11.9. The van der Waals surface area contributed by atoms with Gasteiger partial charge in [-0.05, 0) is 97.3 Å². The molecule has 200 valence electrons. The first-order valence-electron chi connectivity index (χ1n) is 12.0. The van der Waals surface area contributed by atoms with Gasteiger partial charge in [-0.1, -0.05) is 6.07 Å². The van der Waals surface area contributed by atoms with Crippen molar-refractivity contribution in [2.24, 2.45) is 0 Å². The van der Waals surface area contributed by atoms with Crippen LogP contribution in [0.4, 0.5) is 5.69 Å². The van der Waals surface area contributed by atoms with Crippen LogP contribution in [0.25, 0.3) is 16.6 Å². The molecule has 0 aliphatic carbocycles. The first-order chi connectivity index (χ1) is 17.4. The average Bonchev–Trinajstić information content (AvgIpc) is 2.84. The second kappa shape index (κ2) is 12.6. The third kappa shape index (κ3) is 7.95. The molecule has 0 bridgehead atoms. The van der Waals surface area contributed by atoms with Crippen molar-refractivity contribution >= 4 is 61.4 Å². The summed E-state index contributed by atoms with van der Waals surface area (Å²) in [5, 5.41) is 0.167. The summed E-state index contributed by atoms with van der Waals surface area (Å²) in [5.74, 6) is -0.154. The summed E-state index contributed by atoms with van der Waals surface area (Å²) in [5.41, 5.74) is 3.69. The molecule has 0 spiro atoms. The van der Waals surface area contributed by atoms with Crippen molar-refractivity contribution in [1.82, 2.24) is 19.8 Å². The molecule has 1 aliphatic heterocycles. The molecule has 2 aromatic carbocycles. The summed E-state index contributed by atoms with van der Waals surface area (Å²) < 4.78 is 11.1. The maximum absolute atomic E-state index is 13.5. The minimum Gasteiger partial charge on any atom is -0.369 e. The quantitative estimate of drug-likeness (QED) is 0.381. The number of nitrogens with zero attached hydrogens (tertiary/aromatic N) is 4. The maximum Gasteiger partial charge on any atom is 0.339 e. The Balaban J connectivity index is 0.000000695. The normalized spacial score (nSPS) is 14.4. The van der Waals surface area contributed by atoms with E-state index in [0.717, 1.165) is 37.4 Å². The Morgan fingerprint density at radius 1 is 1.08 bits per heavy atom. The van der Waals surface area contributed by atoms with Crippen LogP contribution in [0.3, 0.4) is 0 Å². The highest BCUT2D eigenvalue weighted by atomic mass is 36.0. The van der Waals surface area contributed by atoms with E-state index in [1.807, 2.05) is 38.1 Å². The van der Waals surface area contributed by atoms with Crippen molar-refractivity contribution in [3.8, 4) is 5.69 Å². The number of carbonyl (C=O) groups is 1. The highest BCUT2D eigenvalue weighted by Crippen LogP contribution is 2.61. The lowest BCUT2D eigenvalue weighted by atomic mass is 10.1. The zero-order valence-electron chi connectivity index (χ0n) is 21.2. The van der Waals surface area contributed by atoms with Crippen LogP contribution in [0.2, 0.25) is 0 Å². The summed E-state index contributed by atoms with van der Waals surface area (Å²) in [7, 11) is 0. The predicted octanol–water partition coefficient (Wildman–Crippen LogP) is 5.79. The number of carbonyl (C=O) groups excluding carboxylic acids is 1. The number of hydrogen-bond acceptors (Lipinski definition) is 6.